The molecule has 0 aromatic carbocycles. The van der Waals surface area contributed by atoms with Gasteiger partial charge in [-0.2, -0.15) is 0 Å². The molecule has 0 aliphatic heterocycles. The average Bonchev–Trinajstić information content (AvgIpc) is 1.36. The van der Waals surface area contributed by atoms with Crippen molar-refractivity contribution < 1.29 is 10.2 Å². The fraction of sp³-hybridized carbons (Fsp3) is 1.00. The van der Waals surface area contributed by atoms with Crippen LogP contribution in [0.4, 0.5) is 0 Å². The van der Waals surface area contributed by atoms with Crippen LogP contribution in [0.5, 0.6) is 0 Å². The molecule has 0 amide bonds. The highest BCUT2D eigenvalue weighted by atomic mass is 16.3. The Balaban J connectivity index is 0. The molecule has 7 heavy (non-hydrogen) atoms. The van der Waals surface area contributed by atoms with E-state index in [1.54, 1.807) is 13.8 Å². The van der Waals surface area contributed by atoms with Crippen LogP contribution in [-0.2, 0) is 0 Å². The third kappa shape index (κ3) is 5.88. The molecule has 46 valence electrons. The molecule has 0 aliphatic rings. The molecule has 0 fully saturated rings. The van der Waals surface area contributed by atoms with Gasteiger partial charge in [-0.25, -0.2) is 0 Å². The van der Waals surface area contributed by atoms with Crippen molar-refractivity contribution in [2.75, 3.05) is 0 Å². The number of aliphatic hydroxyl groups is 2. The van der Waals surface area contributed by atoms with Crippen LogP contribution in [0.1, 0.15) is 13.8 Å². The van der Waals surface area contributed by atoms with Crippen molar-refractivity contribution in [2.45, 2.75) is 26.1 Å². The van der Waals surface area contributed by atoms with Gasteiger partial charge in [-0.15, -0.1) is 0 Å². The molecule has 0 heterocycles. The van der Waals surface area contributed by atoms with E-state index in [9.17, 15) is 0 Å². The van der Waals surface area contributed by atoms with E-state index >= 15 is 0 Å². The van der Waals surface area contributed by atoms with Gasteiger partial charge < -0.3 is 16.4 Å². The van der Waals surface area contributed by atoms with Gasteiger partial charge in [-0.1, -0.05) is 0 Å². The van der Waals surface area contributed by atoms with E-state index in [2.05, 4.69) is 0 Å². The first-order valence-corrected chi connectivity index (χ1v) is 2.00. The minimum atomic E-state index is -0.593. The van der Waals surface area contributed by atoms with Crippen LogP contribution >= 0.6 is 0 Å². The van der Waals surface area contributed by atoms with Crippen LogP contribution in [0.2, 0.25) is 0 Å². The Morgan fingerprint density at radius 2 is 1.14 bits per heavy atom. The molecule has 2 atom stereocenters. The quantitative estimate of drug-likeness (QED) is 0.438. The molecular weight excluding hydrogens is 94.0 g/mol. The van der Waals surface area contributed by atoms with Gasteiger partial charge in [0.2, 0.25) is 0 Å². The Morgan fingerprint density at radius 3 is 1.14 bits per heavy atom. The summed E-state index contributed by atoms with van der Waals surface area (Å²) in [6, 6.07) is 0. The van der Waals surface area contributed by atoms with Gasteiger partial charge in [-0.05, 0) is 13.8 Å². The molecule has 0 radical (unpaired) electrons. The molecular formula is C4H13NO2. The first-order valence-electron chi connectivity index (χ1n) is 2.00. The van der Waals surface area contributed by atoms with Gasteiger partial charge in [-0.3, -0.25) is 0 Å². The van der Waals surface area contributed by atoms with E-state index in [1.807, 2.05) is 0 Å². The second-order valence-electron chi connectivity index (χ2n) is 1.48. The summed E-state index contributed by atoms with van der Waals surface area (Å²) in [5, 5.41) is 16.8. The number of aliphatic hydroxyl groups excluding tert-OH is 2. The Hall–Kier alpha value is -0.120. The van der Waals surface area contributed by atoms with Crippen LogP contribution in [-0.4, -0.2) is 22.4 Å². The molecule has 0 aromatic heterocycles. The average molecular weight is 107 g/mol. The van der Waals surface area contributed by atoms with Crippen LogP contribution in [0.3, 0.4) is 0 Å². The highest BCUT2D eigenvalue weighted by Crippen LogP contribution is 1.85. The maximum Gasteiger partial charge on any atom is 0.0768 e. The first kappa shape index (κ1) is 9.99. The number of hydrogen-bond donors (Lipinski definition) is 3. The summed E-state index contributed by atoms with van der Waals surface area (Å²) >= 11 is 0. The van der Waals surface area contributed by atoms with E-state index in [1.165, 1.54) is 0 Å². The fourth-order valence-corrected chi connectivity index (χ4v) is 0. The topological polar surface area (TPSA) is 75.5 Å². The Kier molecular flexibility index (Phi) is 5.78. The van der Waals surface area contributed by atoms with Crippen LogP contribution < -0.4 is 6.15 Å². The molecule has 0 rings (SSSR count). The summed E-state index contributed by atoms with van der Waals surface area (Å²) in [6.45, 7) is 3.09. The zero-order valence-electron chi connectivity index (χ0n) is 4.76. The van der Waals surface area contributed by atoms with E-state index in [4.69, 9.17) is 10.2 Å². The van der Waals surface area contributed by atoms with Crippen LogP contribution in [0.25, 0.3) is 0 Å². The number of rotatable bonds is 1. The second kappa shape index (κ2) is 4.05. The van der Waals surface area contributed by atoms with Gasteiger partial charge in [0, 0.05) is 0 Å². The van der Waals surface area contributed by atoms with Crippen molar-refractivity contribution >= 4 is 0 Å². The zero-order chi connectivity index (χ0) is 5.15. The molecule has 0 aliphatic carbocycles. The number of hydrogen-bond acceptors (Lipinski definition) is 3. The molecule has 0 aromatic rings. The smallest absolute Gasteiger partial charge is 0.0768 e. The third-order valence-electron chi connectivity index (χ3n) is 0.698. The molecule has 0 spiro atoms. The van der Waals surface area contributed by atoms with Crippen LogP contribution in [0.15, 0.2) is 0 Å². The van der Waals surface area contributed by atoms with Crippen molar-refractivity contribution in [2.24, 2.45) is 0 Å². The predicted molar refractivity (Wildman–Crippen MR) is 28.4 cm³/mol. The SMILES string of the molecule is CC(O)C(C)O.N. The lowest BCUT2D eigenvalue weighted by Crippen LogP contribution is -2.17. The van der Waals surface area contributed by atoms with Crippen molar-refractivity contribution in [3.8, 4) is 0 Å². The molecule has 5 N–H and O–H groups in total. The van der Waals surface area contributed by atoms with Crippen molar-refractivity contribution in [1.29, 1.82) is 0 Å². The molecule has 2 unspecified atom stereocenters. The fourth-order valence-electron chi connectivity index (χ4n) is 0. The normalized spacial score (nSPS) is 17.1. The van der Waals surface area contributed by atoms with Crippen LogP contribution in [0, 0.1) is 0 Å². The lowest BCUT2D eigenvalue weighted by molar-refractivity contribution is 0.0438. The van der Waals surface area contributed by atoms with Crippen molar-refractivity contribution in [3.05, 3.63) is 0 Å². The Labute approximate surface area is 43.6 Å². The predicted octanol–water partition coefficient (Wildman–Crippen LogP) is -0.0900. The summed E-state index contributed by atoms with van der Waals surface area (Å²) in [5.74, 6) is 0. The maximum atomic E-state index is 8.38. The third-order valence-corrected chi connectivity index (χ3v) is 0.698. The lowest BCUT2D eigenvalue weighted by Gasteiger charge is -2.03. The van der Waals surface area contributed by atoms with Gasteiger partial charge >= 0.3 is 0 Å². The molecule has 0 saturated heterocycles. The van der Waals surface area contributed by atoms with E-state index in [0.29, 0.717) is 0 Å². The van der Waals surface area contributed by atoms with Gasteiger partial charge in [0.15, 0.2) is 0 Å². The van der Waals surface area contributed by atoms with E-state index in [0.717, 1.165) is 0 Å². The molecule has 3 heteroatoms. The minimum Gasteiger partial charge on any atom is -0.391 e. The summed E-state index contributed by atoms with van der Waals surface area (Å²) < 4.78 is 0. The van der Waals surface area contributed by atoms with Crippen molar-refractivity contribution in [3.63, 3.8) is 0 Å². The van der Waals surface area contributed by atoms with E-state index < -0.39 is 12.2 Å². The molecule has 0 bridgehead atoms. The summed E-state index contributed by atoms with van der Waals surface area (Å²) in [4.78, 5) is 0. The lowest BCUT2D eigenvalue weighted by atomic mass is 10.3. The standard InChI is InChI=1S/C4H10O2.H3N/c1-3(5)4(2)6;/h3-6H,1-2H3;1H3. The Morgan fingerprint density at radius 1 is 1.00 bits per heavy atom. The first-order chi connectivity index (χ1) is 2.64. The molecule has 3 nitrogen and oxygen atoms in total. The van der Waals surface area contributed by atoms with Gasteiger partial charge in [0.05, 0.1) is 12.2 Å². The summed E-state index contributed by atoms with van der Waals surface area (Å²) in [6.07, 6.45) is -1.19. The summed E-state index contributed by atoms with van der Waals surface area (Å²) in [7, 11) is 0. The highest BCUT2D eigenvalue weighted by Gasteiger charge is 1.99. The minimum absolute atomic E-state index is 0. The largest absolute Gasteiger partial charge is 0.391 e. The maximum absolute atomic E-state index is 8.38. The molecule has 0 saturated carbocycles. The van der Waals surface area contributed by atoms with E-state index in [-0.39, 0.29) is 6.15 Å². The zero-order valence-corrected chi connectivity index (χ0v) is 4.76. The summed E-state index contributed by atoms with van der Waals surface area (Å²) in [5.41, 5.74) is 0. The van der Waals surface area contributed by atoms with Gasteiger partial charge in [0.1, 0.15) is 0 Å². The van der Waals surface area contributed by atoms with Crippen molar-refractivity contribution in [1.82, 2.24) is 6.15 Å². The second-order valence-corrected chi connectivity index (χ2v) is 1.48. The Bertz CT molecular complexity index is 30.7. The highest BCUT2D eigenvalue weighted by molar-refractivity contribution is 4.50. The monoisotopic (exact) mass is 107 g/mol. The van der Waals surface area contributed by atoms with Gasteiger partial charge in [0.25, 0.3) is 0 Å².